The lowest BCUT2D eigenvalue weighted by Crippen LogP contribution is -2.48. The normalized spacial score (nSPS) is 18.9. The molecule has 0 amide bonds. The van der Waals surface area contributed by atoms with E-state index >= 15 is 0 Å². The molecule has 2 rings (SSSR count). The van der Waals surface area contributed by atoms with E-state index < -0.39 is 23.7 Å². The van der Waals surface area contributed by atoms with Crippen molar-refractivity contribution >= 4 is 5.69 Å². The van der Waals surface area contributed by atoms with E-state index in [9.17, 15) is 22.7 Å². The summed E-state index contributed by atoms with van der Waals surface area (Å²) < 4.78 is 51.4. The van der Waals surface area contributed by atoms with Crippen LogP contribution in [0.3, 0.4) is 0 Å². The molecule has 0 aliphatic carbocycles. The van der Waals surface area contributed by atoms with Gasteiger partial charge in [-0.15, -0.1) is 0 Å². The highest BCUT2D eigenvalue weighted by Gasteiger charge is 2.34. The highest BCUT2D eigenvalue weighted by molar-refractivity contribution is 5.50. The third-order valence-electron chi connectivity index (χ3n) is 3.46. The van der Waals surface area contributed by atoms with Crippen LogP contribution in [0.4, 0.5) is 23.2 Å². The van der Waals surface area contributed by atoms with E-state index in [4.69, 9.17) is 0 Å². The average molecular weight is 305 g/mol. The maximum atomic E-state index is 13.3. The van der Waals surface area contributed by atoms with Gasteiger partial charge in [-0.3, -0.25) is 4.90 Å². The van der Waals surface area contributed by atoms with E-state index in [-0.39, 0.29) is 0 Å². The summed E-state index contributed by atoms with van der Waals surface area (Å²) in [4.78, 5) is 3.77. The van der Waals surface area contributed by atoms with Crippen molar-refractivity contribution in [2.75, 3.05) is 37.6 Å². The van der Waals surface area contributed by atoms with Gasteiger partial charge in [0.2, 0.25) is 0 Å². The number of alkyl halides is 3. The number of anilines is 1. The summed E-state index contributed by atoms with van der Waals surface area (Å²) in [7, 11) is 0. The summed E-state index contributed by atoms with van der Waals surface area (Å²) in [6, 6.07) is 3.06. The molecule has 1 unspecified atom stereocenters. The first-order valence-corrected chi connectivity index (χ1v) is 6.62. The third-order valence-corrected chi connectivity index (χ3v) is 3.46. The molecule has 1 N–H and O–H groups in total. The number of nitrogens with zero attached hydrogens (tertiary/aromatic N) is 2. The van der Waals surface area contributed by atoms with Crippen molar-refractivity contribution in [2.45, 2.75) is 12.3 Å². The van der Waals surface area contributed by atoms with E-state index in [0.717, 1.165) is 12.1 Å². The van der Waals surface area contributed by atoms with E-state index in [1.165, 1.54) is 6.07 Å². The monoisotopic (exact) mass is 305 g/mol. The maximum Gasteiger partial charge on any atom is 0.419 e. The van der Waals surface area contributed by atoms with Crippen molar-refractivity contribution in [3.8, 4) is 0 Å². The van der Waals surface area contributed by atoms with Crippen LogP contribution < -0.4 is 4.90 Å². The third kappa shape index (κ3) is 4.07. The molecule has 1 aromatic rings. The predicted octanol–water partition coefficient (Wildman–Crippen LogP) is 2.16. The average Bonchev–Trinajstić information content (AvgIpc) is 2.38. The van der Waals surface area contributed by atoms with Crippen molar-refractivity contribution in [2.24, 2.45) is 0 Å². The highest BCUT2D eigenvalue weighted by atomic mass is 19.4. The second-order valence-electron chi connectivity index (χ2n) is 5.10. The Bertz CT molecular complexity index is 482. The molecule has 1 saturated heterocycles. The van der Waals surface area contributed by atoms with Gasteiger partial charge in [-0.05, 0) is 25.1 Å². The van der Waals surface area contributed by atoms with Gasteiger partial charge in [-0.25, -0.2) is 4.39 Å². The first-order valence-electron chi connectivity index (χ1n) is 6.62. The van der Waals surface area contributed by atoms with E-state index in [1.807, 2.05) is 4.90 Å². The summed E-state index contributed by atoms with van der Waals surface area (Å²) in [5.74, 6) is -1.26. The van der Waals surface area contributed by atoms with Crippen LogP contribution in [0.5, 0.6) is 0 Å². The smallest absolute Gasteiger partial charge is 0.392 e. The Morgan fingerprint density at radius 2 is 1.81 bits per heavy atom. The van der Waals surface area contributed by atoms with E-state index in [1.54, 1.807) is 4.90 Å². The minimum atomic E-state index is -4.69. The van der Waals surface area contributed by atoms with Crippen LogP contribution in [-0.2, 0) is 6.18 Å². The van der Waals surface area contributed by atoms with Crippen molar-refractivity contribution in [3.63, 3.8) is 0 Å². The van der Waals surface area contributed by atoms with Gasteiger partial charge >= 0.3 is 6.18 Å². The number of hydrogen-bond acceptors (Lipinski definition) is 3. The van der Waals surface area contributed by atoms with Crippen molar-refractivity contribution in [1.29, 1.82) is 0 Å². The molecule has 7 heteroatoms. The lowest BCUT2D eigenvalue weighted by atomic mass is 10.1. The first kappa shape index (κ1) is 16.0. The summed E-state index contributed by atoms with van der Waals surface area (Å²) in [6.45, 7) is 6.21. The maximum absolute atomic E-state index is 13.3. The quantitative estimate of drug-likeness (QED) is 0.867. The molecule has 1 aromatic carbocycles. The number of piperazine rings is 1. The molecule has 117 valence electrons. The lowest BCUT2D eigenvalue weighted by molar-refractivity contribution is -0.139. The zero-order valence-electron chi connectivity index (χ0n) is 11.4. The van der Waals surface area contributed by atoms with Crippen molar-refractivity contribution in [1.82, 2.24) is 4.90 Å². The summed E-state index contributed by atoms with van der Waals surface area (Å²) in [6.07, 6.45) is -5.38. The van der Waals surface area contributed by atoms with Gasteiger partial charge in [0.25, 0.3) is 0 Å². The molecule has 3 nitrogen and oxygen atoms in total. The van der Waals surface area contributed by atoms with Crippen LogP contribution in [0.2, 0.25) is 0 Å². The Labute approximate surface area is 120 Å². The molecule has 1 aliphatic rings. The summed E-state index contributed by atoms with van der Waals surface area (Å²) in [5, 5.41) is 9.21. The number of rotatable bonds is 3. The number of aliphatic hydroxyl groups is 1. The predicted molar refractivity (Wildman–Crippen MR) is 71.4 cm³/mol. The van der Waals surface area contributed by atoms with E-state index in [0.29, 0.717) is 38.4 Å². The van der Waals surface area contributed by atoms with Crippen molar-refractivity contribution in [3.05, 3.63) is 36.5 Å². The van der Waals surface area contributed by atoms with Gasteiger partial charge in [0.05, 0.1) is 11.7 Å². The fraction of sp³-hybridized carbons (Fsp3) is 0.500. The molecular weight excluding hydrogens is 288 g/mol. The first-order chi connectivity index (χ1) is 9.77. The number of aliphatic hydroxyl groups excluding tert-OH is 1. The SMILES string of the molecule is [CH2]C(O)CN1CCN(c2ccc(F)c(C(F)(F)F)c2)CC1. The molecule has 0 bridgehead atoms. The minimum Gasteiger partial charge on any atom is -0.392 e. The molecule has 1 heterocycles. The zero-order valence-corrected chi connectivity index (χ0v) is 11.4. The standard InChI is InChI=1S/C14H17F4N2O/c1-10(21)9-19-4-6-20(7-5-19)11-2-3-13(15)12(8-11)14(16,17)18/h2-3,8,10,21H,1,4-7,9H2. The van der Waals surface area contributed by atoms with Gasteiger partial charge in [-0.1, -0.05) is 0 Å². The highest BCUT2D eigenvalue weighted by Crippen LogP contribution is 2.34. The van der Waals surface area contributed by atoms with Gasteiger partial charge < -0.3 is 10.0 Å². The number of β-amino-alcohol motifs (C(OH)–C–C–N with tert-alkyl or cyclic N) is 1. The Balaban J connectivity index is 2.07. The van der Waals surface area contributed by atoms with Crippen LogP contribution >= 0.6 is 0 Å². The second kappa shape index (κ2) is 6.19. The van der Waals surface area contributed by atoms with Crippen LogP contribution in [0.25, 0.3) is 0 Å². The molecule has 1 radical (unpaired) electrons. The number of benzene rings is 1. The van der Waals surface area contributed by atoms with Crippen molar-refractivity contribution < 1.29 is 22.7 Å². The summed E-state index contributed by atoms with van der Waals surface area (Å²) >= 11 is 0. The van der Waals surface area contributed by atoms with Gasteiger partial charge in [0.1, 0.15) is 5.82 Å². The molecule has 1 aliphatic heterocycles. The molecular formula is C14H17F4N2O. The van der Waals surface area contributed by atoms with Gasteiger partial charge in [0, 0.05) is 38.4 Å². The fourth-order valence-corrected chi connectivity index (χ4v) is 2.41. The minimum absolute atomic E-state index is 0.360. The molecule has 0 aromatic heterocycles. The van der Waals surface area contributed by atoms with Crippen LogP contribution in [0, 0.1) is 12.7 Å². The largest absolute Gasteiger partial charge is 0.419 e. The summed E-state index contributed by atoms with van der Waals surface area (Å²) in [5.41, 5.74) is -0.880. The topological polar surface area (TPSA) is 26.7 Å². The second-order valence-corrected chi connectivity index (χ2v) is 5.10. The Hall–Kier alpha value is -1.34. The fourth-order valence-electron chi connectivity index (χ4n) is 2.41. The molecule has 1 fully saturated rings. The molecule has 1 atom stereocenters. The Morgan fingerprint density at radius 1 is 1.19 bits per heavy atom. The van der Waals surface area contributed by atoms with Crippen LogP contribution in [0.1, 0.15) is 5.56 Å². The van der Waals surface area contributed by atoms with Gasteiger partial charge in [-0.2, -0.15) is 13.2 Å². The zero-order chi connectivity index (χ0) is 15.6. The van der Waals surface area contributed by atoms with Gasteiger partial charge in [0.15, 0.2) is 0 Å². The number of hydrogen-bond donors (Lipinski definition) is 1. The number of halogens is 4. The lowest BCUT2D eigenvalue weighted by Gasteiger charge is -2.36. The Kier molecular flexibility index (Phi) is 4.73. The van der Waals surface area contributed by atoms with E-state index in [2.05, 4.69) is 6.92 Å². The Morgan fingerprint density at radius 3 is 2.33 bits per heavy atom. The molecule has 21 heavy (non-hydrogen) atoms. The molecule has 0 spiro atoms. The molecule has 0 saturated carbocycles. The van der Waals surface area contributed by atoms with Crippen LogP contribution in [0.15, 0.2) is 18.2 Å². The van der Waals surface area contributed by atoms with Crippen LogP contribution in [-0.4, -0.2) is 48.8 Å².